The van der Waals surface area contributed by atoms with Gasteiger partial charge >= 0.3 is 0 Å². The van der Waals surface area contributed by atoms with Crippen molar-refractivity contribution in [2.45, 2.75) is 6.92 Å². The number of amides is 1. The lowest BCUT2D eigenvalue weighted by Gasteiger charge is -2.07. The van der Waals surface area contributed by atoms with Crippen molar-refractivity contribution < 1.29 is 9.21 Å². The first-order chi connectivity index (χ1) is 12.0. The number of pyridine rings is 1. The van der Waals surface area contributed by atoms with Gasteiger partial charge in [-0.15, -0.1) is 0 Å². The number of fused-ring (bicyclic) bond motifs is 1. The first kappa shape index (κ1) is 15.1. The predicted molar refractivity (Wildman–Crippen MR) is 92.1 cm³/mol. The van der Waals surface area contributed by atoms with Crippen molar-refractivity contribution in [1.29, 1.82) is 0 Å². The Morgan fingerprint density at radius 3 is 2.76 bits per heavy atom. The normalized spacial score (nSPS) is 11.2. The molecule has 4 rings (SSSR count). The summed E-state index contributed by atoms with van der Waals surface area (Å²) >= 11 is 0. The van der Waals surface area contributed by atoms with Crippen LogP contribution in [-0.2, 0) is 14.1 Å². The zero-order chi connectivity index (χ0) is 17.6. The van der Waals surface area contributed by atoms with Crippen molar-refractivity contribution in [1.82, 2.24) is 24.5 Å². The molecule has 1 N–H and O–H groups in total. The Kier molecular flexibility index (Phi) is 3.38. The van der Waals surface area contributed by atoms with Crippen LogP contribution in [0.2, 0.25) is 0 Å². The average molecular weight is 336 g/mol. The maximum atomic E-state index is 12.9. The summed E-state index contributed by atoms with van der Waals surface area (Å²) in [6.07, 6.45) is 3.34. The summed E-state index contributed by atoms with van der Waals surface area (Å²) in [6.45, 7) is 1.86. The number of carbonyl (C=O) groups excluding carboxylic acids is 1. The van der Waals surface area contributed by atoms with Gasteiger partial charge in [0.05, 0.1) is 22.9 Å². The number of anilines is 1. The first-order valence-corrected chi connectivity index (χ1v) is 7.72. The molecule has 0 saturated heterocycles. The molecule has 0 aromatic carbocycles. The summed E-state index contributed by atoms with van der Waals surface area (Å²) in [5.74, 6) is 0.807. The molecule has 0 aliphatic carbocycles. The number of hydrogen-bond donors (Lipinski definition) is 1. The van der Waals surface area contributed by atoms with E-state index in [2.05, 4.69) is 20.5 Å². The SMILES string of the molecule is Cc1nn(C)c2nc(-c3ccco3)cc(C(=O)Nc3ccn(C)n3)c12. The number of nitrogens with one attached hydrogen (secondary N) is 1. The Morgan fingerprint density at radius 2 is 2.08 bits per heavy atom. The molecular formula is C17H16N6O2. The van der Waals surface area contributed by atoms with E-state index in [-0.39, 0.29) is 5.91 Å². The van der Waals surface area contributed by atoms with Crippen LogP contribution in [0.1, 0.15) is 16.1 Å². The number of rotatable bonds is 3. The number of nitrogens with zero attached hydrogens (tertiary/aromatic N) is 5. The van der Waals surface area contributed by atoms with E-state index in [4.69, 9.17) is 4.42 Å². The van der Waals surface area contributed by atoms with Gasteiger partial charge in [0.25, 0.3) is 5.91 Å². The predicted octanol–water partition coefficient (Wildman–Crippen LogP) is 2.52. The van der Waals surface area contributed by atoms with Crippen molar-refractivity contribution in [3.05, 3.63) is 48.0 Å². The van der Waals surface area contributed by atoms with Crippen LogP contribution >= 0.6 is 0 Å². The Morgan fingerprint density at radius 1 is 1.24 bits per heavy atom. The van der Waals surface area contributed by atoms with E-state index in [1.807, 2.05) is 6.92 Å². The van der Waals surface area contributed by atoms with E-state index in [0.717, 1.165) is 5.69 Å². The summed E-state index contributed by atoms with van der Waals surface area (Å²) < 4.78 is 8.72. The summed E-state index contributed by atoms with van der Waals surface area (Å²) in [5, 5.41) is 12.1. The van der Waals surface area contributed by atoms with Crippen LogP contribution in [0, 0.1) is 6.92 Å². The third-order valence-corrected chi connectivity index (χ3v) is 3.94. The van der Waals surface area contributed by atoms with E-state index in [0.29, 0.717) is 33.9 Å². The maximum Gasteiger partial charge on any atom is 0.257 e. The van der Waals surface area contributed by atoms with Crippen LogP contribution < -0.4 is 5.32 Å². The molecule has 0 aliphatic heterocycles. The second kappa shape index (κ2) is 5.59. The molecular weight excluding hydrogens is 320 g/mol. The molecule has 0 fully saturated rings. The van der Waals surface area contributed by atoms with E-state index in [1.54, 1.807) is 60.2 Å². The lowest BCUT2D eigenvalue weighted by Crippen LogP contribution is -2.14. The second-order valence-electron chi connectivity index (χ2n) is 5.77. The smallest absolute Gasteiger partial charge is 0.257 e. The largest absolute Gasteiger partial charge is 0.463 e. The minimum atomic E-state index is -0.269. The van der Waals surface area contributed by atoms with Crippen molar-refractivity contribution in [3.8, 4) is 11.5 Å². The zero-order valence-electron chi connectivity index (χ0n) is 14.0. The molecule has 0 bridgehead atoms. The molecule has 4 aromatic rings. The average Bonchev–Trinajstić information content (AvgIpc) is 3.30. The van der Waals surface area contributed by atoms with Crippen LogP contribution in [0.25, 0.3) is 22.5 Å². The molecule has 8 nitrogen and oxygen atoms in total. The van der Waals surface area contributed by atoms with E-state index < -0.39 is 0 Å². The first-order valence-electron chi connectivity index (χ1n) is 7.72. The van der Waals surface area contributed by atoms with Gasteiger partial charge in [0.2, 0.25) is 0 Å². The molecule has 8 heteroatoms. The van der Waals surface area contributed by atoms with Gasteiger partial charge in [-0.25, -0.2) is 4.98 Å². The minimum absolute atomic E-state index is 0.269. The highest BCUT2D eigenvalue weighted by Gasteiger charge is 2.20. The fraction of sp³-hybridized carbons (Fsp3) is 0.176. The van der Waals surface area contributed by atoms with Crippen molar-refractivity contribution in [2.24, 2.45) is 14.1 Å². The van der Waals surface area contributed by atoms with Gasteiger partial charge in [0.15, 0.2) is 17.2 Å². The van der Waals surface area contributed by atoms with Gasteiger partial charge in [-0.1, -0.05) is 0 Å². The molecule has 0 aliphatic rings. The highest BCUT2D eigenvalue weighted by atomic mass is 16.3. The lowest BCUT2D eigenvalue weighted by atomic mass is 10.1. The minimum Gasteiger partial charge on any atom is -0.463 e. The monoisotopic (exact) mass is 336 g/mol. The maximum absolute atomic E-state index is 12.9. The third kappa shape index (κ3) is 2.57. The Balaban J connectivity index is 1.87. The molecule has 1 amide bonds. The standard InChI is InChI=1S/C17H16N6O2/c1-10-15-11(17(24)19-14-6-7-22(2)21-14)9-12(13-5-4-8-25-13)18-16(15)23(3)20-10/h4-9H,1-3H3,(H,19,21,24). The summed E-state index contributed by atoms with van der Waals surface area (Å²) in [4.78, 5) is 17.5. The van der Waals surface area contributed by atoms with Crippen molar-refractivity contribution in [3.63, 3.8) is 0 Å². The van der Waals surface area contributed by atoms with Gasteiger partial charge in [-0.05, 0) is 25.1 Å². The Hall–Kier alpha value is -3.42. The van der Waals surface area contributed by atoms with Gasteiger partial charge in [0, 0.05) is 26.4 Å². The highest BCUT2D eigenvalue weighted by molar-refractivity contribution is 6.13. The van der Waals surface area contributed by atoms with Gasteiger partial charge < -0.3 is 9.73 Å². The number of furan rings is 1. The summed E-state index contributed by atoms with van der Waals surface area (Å²) in [5.41, 5.74) is 2.42. The van der Waals surface area contributed by atoms with Crippen LogP contribution in [0.4, 0.5) is 5.82 Å². The number of hydrogen-bond acceptors (Lipinski definition) is 5. The summed E-state index contributed by atoms with van der Waals surface area (Å²) in [7, 11) is 3.59. The fourth-order valence-electron chi connectivity index (χ4n) is 2.84. The van der Waals surface area contributed by atoms with Crippen LogP contribution in [0.3, 0.4) is 0 Å². The highest BCUT2D eigenvalue weighted by Crippen LogP contribution is 2.27. The molecule has 126 valence electrons. The van der Waals surface area contributed by atoms with Crippen LogP contribution in [0.5, 0.6) is 0 Å². The number of aryl methyl sites for hydroxylation is 3. The van der Waals surface area contributed by atoms with Crippen molar-refractivity contribution in [2.75, 3.05) is 5.32 Å². The molecule has 0 spiro atoms. The quantitative estimate of drug-likeness (QED) is 0.621. The topological polar surface area (TPSA) is 90.8 Å². The van der Waals surface area contributed by atoms with Crippen LogP contribution in [-0.4, -0.2) is 30.5 Å². The fourth-order valence-corrected chi connectivity index (χ4v) is 2.84. The van der Waals surface area contributed by atoms with E-state index in [1.165, 1.54) is 0 Å². The number of carbonyl (C=O) groups is 1. The van der Waals surface area contributed by atoms with Crippen molar-refractivity contribution >= 4 is 22.8 Å². The zero-order valence-corrected chi connectivity index (χ0v) is 14.0. The van der Waals surface area contributed by atoms with Gasteiger partial charge in [0.1, 0.15) is 5.69 Å². The molecule has 0 radical (unpaired) electrons. The van der Waals surface area contributed by atoms with E-state index >= 15 is 0 Å². The Labute approximate surface area is 143 Å². The number of aromatic nitrogens is 5. The van der Waals surface area contributed by atoms with Gasteiger partial charge in [-0.3, -0.25) is 14.2 Å². The molecule has 4 aromatic heterocycles. The van der Waals surface area contributed by atoms with E-state index in [9.17, 15) is 4.79 Å². The molecule has 25 heavy (non-hydrogen) atoms. The second-order valence-corrected chi connectivity index (χ2v) is 5.77. The third-order valence-electron chi connectivity index (χ3n) is 3.94. The molecule has 0 saturated carbocycles. The molecule has 0 atom stereocenters. The Bertz CT molecular complexity index is 1070. The van der Waals surface area contributed by atoms with Crippen LogP contribution in [0.15, 0.2) is 41.1 Å². The lowest BCUT2D eigenvalue weighted by molar-refractivity contribution is 0.102. The molecule has 0 unspecified atom stereocenters. The molecule has 4 heterocycles. The van der Waals surface area contributed by atoms with Gasteiger partial charge in [-0.2, -0.15) is 10.2 Å². The summed E-state index contributed by atoms with van der Waals surface area (Å²) in [6, 6.07) is 7.04.